The molecule has 0 fully saturated rings. The molecule has 1 aliphatic heterocycles. The molecule has 1 aliphatic rings. The average Bonchev–Trinajstić information content (AvgIpc) is 3.15. The van der Waals surface area contributed by atoms with Crippen molar-refractivity contribution < 1.29 is 14.3 Å². The van der Waals surface area contributed by atoms with E-state index in [0.29, 0.717) is 0 Å². The SMILES string of the molecule is CCOC(=O)C1=NN(c2ccccc2)C(C(=O)Nc2ccccc2SC)C1. The fourth-order valence-electron chi connectivity index (χ4n) is 2.83. The molecule has 1 unspecified atom stereocenters. The second-order valence-corrected chi connectivity index (χ2v) is 6.70. The number of esters is 1. The molecule has 1 amide bonds. The van der Waals surface area contributed by atoms with Gasteiger partial charge in [0.1, 0.15) is 11.8 Å². The van der Waals surface area contributed by atoms with Crippen LogP contribution >= 0.6 is 11.8 Å². The molecular formula is C20H21N3O3S. The van der Waals surface area contributed by atoms with Crippen LogP contribution in [0.5, 0.6) is 0 Å². The molecule has 1 heterocycles. The standard InChI is InChI=1S/C20H21N3O3S/c1-3-26-20(25)16-13-17(23(22-16)14-9-5-4-6-10-14)19(24)21-15-11-7-8-12-18(15)27-2/h4-12,17H,3,13H2,1-2H3,(H,21,24). The molecule has 0 aromatic heterocycles. The highest BCUT2D eigenvalue weighted by Gasteiger charge is 2.37. The van der Waals surface area contributed by atoms with Crippen molar-refractivity contribution in [2.24, 2.45) is 5.10 Å². The van der Waals surface area contributed by atoms with Gasteiger partial charge in [0.05, 0.1) is 18.0 Å². The van der Waals surface area contributed by atoms with Crippen molar-refractivity contribution >= 4 is 40.7 Å². The van der Waals surface area contributed by atoms with Crippen molar-refractivity contribution in [1.29, 1.82) is 0 Å². The van der Waals surface area contributed by atoms with E-state index in [1.54, 1.807) is 23.7 Å². The number of hydrazone groups is 1. The Labute approximate surface area is 162 Å². The van der Waals surface area contributed by atoms with Crippen LogP contribution in [0.25, 0.3) is 0 Å². The smallest absolute Gasteiger partial charge is 0.354 e. The number of rotatable bonds is 6. The number of hydrogen-bond donors (Lipinski definition) is 1. The van der Waals surface area contributed by atoms with Crippen molar-refractivity contribution in [2.75, 3.05) is 23.2 Å². The quantitative estimate of drug-likeness (QED) is 0.610. The Morgan fingerprint density at radius 1 is 1.19 bits per heavy atom. The van der Waals surface area contributed by atoms with E-state index in [0.717, 1.165) is 16.3 Å². The van der Waals surface area contributed by atoms with Crippen LogP contribution in [0.3, 0.4) is 0 Å². The van der Waals surface area contributed by atoms with Gasteiger partial charge in [0, 0.05) is 11.3 Å². The van der Waals surface area contributed by atoms with E-state index in [2.05, 4.69) is 10.4 Å². The molecule has 0 bridgehead atoms. The van der Waals surface area contributed by atoms with Crippen LogP contribution in [0, 0.1) is 0 Å². The number of para-hydroxylation sites is 2. The molecule has 27 heavy (non-hydrogen) atoms. The van der Waals surface area contributed by atoms with Gasteiger partial charge in [0.2, 0.25) is 5.91 Å². The third-order valence-electron chi connectivity index (χ3n) is 4.11. The van der Waals surface area contributed by atoms with Gasteiger partial charge < -0.3 is 10.1 Å². The maximum atomic E-state index is 13.0. The van der Waals surface area contributed by atoms with Gasteiger partial charge in [0.25, 0.3) is 0 Å². The molecule has 6 nitrogen and oxygen atoms in total. The number of ether oxygens (including phenoxy) is 1. The predicted octanol–water partition coefficient (Wildman–Crippen LogP) is 3.55. The van der Waals surface area contributed by atoms with E-state index in [9.17, 15) is 9.59 Å². The van der Waals surface area contributed by atoms with E-state index in [4.69, 9.17) is 4.74 Å². The van der Waals surface area contributed by atoms with Gasteiger partial charge in [-0.05, 0) is 37.4 Å². The van der Waals surface area contributed by atoms with E-state index in [1.165, 1.54) is 0 Å². The number of thioether (sulfide) groups is 1. The number of carbonyl (C=O) groups is 2. The first-order valence-corrected chi connectivity index (χ1v) is 9.89. The van der Waals surface area contributed by atoms with Crippen LogP contribution in [0.2, 0.25) is 0 Å². The van der Waals surface area contributed by atoms with Crippen LogP contribution < -0.4 is 10.3 Å². The number of amides is 1. The molecule has 2 aromatic rings. The maximum absolute atomic E-state index is 13.0. The normalized spacial score (nSPS) is 16.0. The van der Waals surface area contributed by atoms with Gasteiger partial charge in [-0.25, -0.2) is 4.79 Å². The third-order valence-corrected chi connectivity index (χ3v) is 4.91. The molecule has 1 atom stereocenters. The van der Waals surface area contributed by atoms with E-state index < -0.39 is 12.0 Å². The minimum absolute atomic E-state index is 0.195. The molecule has 7 heteroatoms. The molecule has 0 spiro atoms. The first-order valence-electron chi connectivity index (χ1n) is 8.66. The van der Waals surface area contributed by atoms with E-state index in [1.807, 2.05) is 60.9 Å². The van der Waals surface area contributed by atoms with Crippen LogP contribution in [0.4, 0.5) is 11.4 Å². The van der Waals surface area contributed by atoms with Gasteiger partial charge >= 0.3 is 5.97 Å². The highest BCUT2D eigenvalue weighted by atomic mass is 32.2. The van der Waals surface area contributed by atoms with Crippen molar-refractivity contribution in [3.63, 3.8) is 0 Å². The Morgan fingerprint density at radius 2 is 1.89 bits per heavy atom. The van der Waals surface area contributed by atoms with E-state index >= 15 is 0 Å². The fourth-order valence-corrected chi connectivity index (χ4v) is 3.39. The first kappa shape index (κ1) is 19.0. The van der Waals surface area contributed by atoms with Gasteiger partial charge in [-0.15, -0.1) is 11.8 Å². The zero-order valence-electron chi connectivity index (χ0n) is 15.2. The number of nitrogens with one attached hydrogen (secondary N) is 1. The van der Waals surface area contributed by atoms with Crippen LogP contribution in [0.1, 0.15) is 13.3 Å². The van der Waals surface area contributed by atoms with Crippen molar-refractivity contribution in [3.8, 4) is 0 Å². The monoisotopic (exact) mass is 383 g/mol. The van der Waals surface area contributed by atoms with Gasteiger partial charge in [0.15, 0.2) is 0 Å². The molecular weight excluding hydrogens is 362 g/mol. The molecule has 2 aromatic carbocycles. The zero-order valence-corrected chi connectivity index (χ0v) is 16.0. The average molecular weight is 383 g/mol. The summed E-state index contributed by atoms with van der Waals surface area (Å²) in [4.78, 5) is 26.1. The molecule has 1 N–H and O–H groups in total. The summed E-state index contributed by atoms with van der Waals surface area (Å²) < 4.78 is 5.06. The summed E-state index contributed by atoms with van der Waals surface area (Å²) in [5.41, 5.74) is 1.74. The first-order chi connectivity index (χ1) is 13.1. The van der Waals surface area contributed by atoms with Crippen molar-refractivity contribution in [2.45, 2.75) is 24.3 Å². The van der Waals surface area contributed by atoms with Gasteiger partial charge in [-0.3, -0.25) is 9.80 Å². The minimum Gasteiger partial charge on any atom is -0.461 e. The number of benzene rings is 2. The summed E-state index contributed by atoms with van der Waals surface area (Å²) in [5, 5.41) is 8.93. The highest BCUT2D eigenvalue weighted by molar-refractivity contribution is 7.98. The number of carbonyl (C=O) groups excluding carboxylic acids is 2. The number of nitrogens with zero attached hydrogens (tertiary/aromatic N) is 2. The Balaban J connectivity index is 1.86. The summed E-state index contributed by atoms with van der Waals surface area (Å²) in [6.07, 6.45) is 2.15. The third kappa shape index (κ3) is 4.31. The van der Waals surface area contributed by atoms with Crippen LogP contribution in [-0.4, -0.2) is 36.5 Å². The Morgan fingerprint density at radius 3 is 2.59 bits per heavy atom. The number of anilines is 2. The highest BCUT2D eigenvalue weighted by Crippen LogP contribution is 2.28. The largest absolute Gasteiger partial charge is 0.461 e. The molecule has 0 saturated carbocycles. The Bertz CT molecular complexity index is 855. The lowest BCUT2D eigenvalue weighted by Gasteiger charge is -2.23. The second kappa shape index (κ2) is 8.73. The summed E-state index contributed by atoms with van der Waals surface area (Å²) in [6.45, 7) is 2.01. The fraction of sp³-hybridized carbons (Fsp3) is 0.250. The van der Waals surface area contributed by atoms with Gasteiger partial charge in [-0.2, -0.15) is 5.10 Å². The summed E-state index contributed by atoms with van der Waals surface area (Å²) >= 11 is 1.56. The van der Waals surface area contributed by atoms with Crippen LogP contribution in [0.15, 0.2) is 64.6 Å². The second-order valence-electron chi connectivity index (χ2n) is 5.86. The molecule has 3 rings (SSSR count). The molecule has 0 radical (unpaired) electrons. The van der Waals surface area contributed by atoms with Gasteiger partial charge in [-0.1, -0.05) is 30.3 Å². The lowest BCUT2D eigenvalue weighted by Crippen LogP contribution is -2.39. The maximum Gasteiger partial charge on any atom is 0.354 e. The Kier molecular flexibility index (Phi) is 6.13. The van der Waals surface area contributed by atoms with Crippen molar-refractivity contribution in [3.05, 3.63) is 54.6 Å². The summed E-state index contributed by atoms with van der Waals surface area (Å²) in [7, 11) is 0. The van der Waals surface area contributed by atoms with E-state index in [-0.39, 0.29) is 24.6 Å². The minimum atomic E-state index is -0.623. The summed E-state index contributed by atoms with van der Waals surface area (Å²) in [5.74, 6) is -0.707. The summed E-state index contributed by atoms with van der Waals surface area (Å²) in [6, 6.07) is 16.3. The Hall–Kier alpha value is -2.80. The molecule has 0 saturated heterocycles. The van der Waals surface area contributed by atoms with Crippen molar-refractivity contribution in [1.82, 2.24) is 0 Å². The number of hydrogen-bond acceptors (Lipinski definition) is 6. The lowest BCUT2D eigenvalue weighted by molar-refractivity contribution is -0.135. The zero-order chi connectivity index (χ0) is 19.2. The molecule has 140 valence electrons. The predicted molar refractivity (Wildman–Crippen MR) is 108 cm³/mol. The topological polar surface area (TPSA) is 71.0 Å². The van der Waals surface area contributed by atoms with Crippen LogP contribution in [-0.2, 0) is 14.3 Å². The molecule has 0 aliphatic carbocycles. The lowest BCUT2D eigenvalue weighted by atomic mass is 10.1.